The van der Waals surface area contributed by atoms with Crippen LogP contribution in [0.1, 0.15) is 34.7 Å². The number of hydrogen-bond donors (Lipinski definition) is 2. The zero-order chi connectivity index (χ0) is 19.6. The van der Waals surface area contributed by atoms with E-state index in [0.717, 1.165) is 18.8 Å². The number of carbonyl (C=O) groups excluding carboxylic acids is 3. The number of benzene rings is 1. The van der Waals surface area contributed by atoms with Crippen molar-refractivity contribution in [2.75, 3.05) is 24.6 Å². The first-order valence-corrected chi connectivity index (χ1v) is 8.42. The molecule has 0 spiro atoms. The average molecular weight is 371 g/mol. The lowest BCUT2D eigenvalue weighted by Crippen LogP contribution is -2.43. The van der Waals surface area contributed by atoms with Crippen LogP contribution in [0.2, 0.25) is 0 Å². The van der Waals surface area contributed by atoms with E-state index in [0.29, 0.717) is 5.56 Å². The second-order valence-electron chi connectivity index (χ2n) is 5.39. The fraction of sp³-hybridized carbons (Fsp3) is 0.278. The van der Waals surface area contributed by atoms with Crippen LogP contribution < -0.4 is 15.8 Å². The average Bonchev–Trinajstić information content (AvgIpc) is 2.72. The summed E-state index contributed by atoms with van der Waals surface area (Å²) in [6, 6.07) is 7.02. The summed E-state index contributed by atoms with van der Waals surface area (Å²) >= 11 is 0. The van der Waals surface area contributed by atoms with Crippen LogP contribution in [0.3, 0.4) is 0 Å². The lowest BCUT2D eigenvalue weighted by Gasteiger charge is -2.21. The summed E-state index contributed by atoms with van der Waals surface area (Å²) in [5.74, 6) is -1.94. The van der Waals surface area contributed by atoms with Gasteiger partial charge < -0.3 is 9.64 Å². The summed E-state index contributed by atoms with van der Waals surface area (Å²) in [5.41, 5.74) is 5.84. The van der Waals surface area contributed by atoms with Gasteiger partial charge in [-0.3, -0.25) is 25.4 Å². The number of anilines is 1. The van der Waals surface area contributed by atoms with Crippen molar-refractivity contribution in [3.8, 4) is 0 Å². The Bertz CT molecular complexity index is 776. The highest BCUT2D eigenvalue weighted by Crippen LogP contribution is 2.14. The molecule has 0 bridgehead atoms. The van der Waals surface area contributed by atoms with Crippen LogP contribution in [0.5, 0.6) is 0 Å². The molecule has 2 rings (SSSR count). The molecule has 1 aromatic heterocycles. The number of hydrogen-bond acceptors (Lipinski definition) is 7. The summed E-state index contributed by atoms with van der Waals surface area (Å²) < 4.78 is 4.78. The second kappa shape index (κ2) is 9.85. The number of nitrogens with one attached hydrogen (secondary N) is 2. The third kappa shape index (κ3) is 5.77. The SMILES string of the molecule is CCN(CC)c1ccc(C(=O)NNC(=O)COC(=O)c2cnccn2)cc1. The Morgan fingerprint density at radius 2 is 1.74 bits per heavy atom. The van der Waals surface area contributed by atoms with Crippen molar-refractivity contribution in [3.05, 3.63) is 54.1 Å². The number of esters is 1. The highest BCUT2D eigenvalue weighted by Gasteiger charge is 2.13. The molecule has 27 heavy (non-hydrogen) atoms. The molecule has 2 amide bonds. The highest BCUT2D eigenvalue weighted by molar-refractivity contribution is 5.96. The van der Waals surface area contributed by atoms with Crippen LogP contribution in [0.25, 0.3) is 0 Å². The standard InChI is InChI=1S/C18H21N5O4/c1-3-23(4-2)14-7-5-13(6-8-14)17(25)22-21-16(24)12-27-18(26)15-11-19-9-10-20-15/h5-11H,3-4,12H2,1-2H3,(H,21,24)(H,22,25). The second-order valence-corrected chi connectivity index (χ2v) is 5.39. The summed E-state index contributed by atoms with van der Waals surface area (Å²) in [5, 5.41) is 0. The molecule has 0 fully saturated rings. The lowest BCUT2D eigenvalue weighted by atomic mass is 10.2. The molecule has 0 atom stereocenters. The van der Waals surface area contributed by atoms with Crippen molar-refractivity contribution in [2.24, 2.45) is 0 Å². The largest absolute Gasteiger partial charge is 0.451 e. The summed E-state index contributed by atoms with van der Waals surface area (Å²) in [6.07, 6.45) is 3.97. The van der Waals surface area contributed by atoms with Crippen LogP contribution in [0.15, 0.2) is 42.9 Å². The molecular formula is C18H21N5O4. The van der Waals surface area contributed by atoms with E-state index in [1.165, 1.54) is 18.6 Å². The Morgan fingerprint density at radius 3 is 2.33 bits per heavy atom. The van der Waals surface area contributed by atoms with Crippen molar-refractivity contribution in [1.29, 1.82) is 0 Å². The number of hydrazine groups is 1. The molecule has 2 N–H and O–H groups in total. The zero-order valence-electron chi connectivity index (χ0n) is 15.1. The lowest BCUT2D eigenvalue weighted by molar-refractivity contribution is -0.125. The van der Waals surface area contributed by atoms with Crippen LogP contribution in [-0.4, -0.2) is 47.4 Å². The van der Waals surface area contributed by atoms with Gasteiger partial charge >= 0.3 is 5.97 Å². The molecule has 9 nitrogen and oxygen atoms in total. The van der Waals surface area contributed by atoms with Gasteiger partial charge in [-0.05, 0) is 38.1 Å². The Kier molecular flexibility index (Phi) is 7.24. The summed E-state index contributed by atoms with van der Waals surface area (Å²) in [7, 11) is 0. The fourth-order valence-electron chi connectivity index (χ4n) is 2.26. The van der Waals surface area contributed by atoms with E-state index in [1.54, 1.807) is 12.1 Å². The van der Waals surface area contributed by atoms with E-state index in [4.69, 9.17) is 4.74 Å². The Balaban J connectivity index is 1.79. The molecule has 1 aromatic carbocycles. The van der Waals surface area contributed by atoms with Gasteiger partial charge in [0, 0.05) is 36.7 Å². The number of aromatic nitrogens is 2. The van der Waals surface area contributed by atoms with Gasteiger partial charge in [0.25, 0.3) is 11.8 Å². The molecule has 0 unspecified atom stereocenters. The Labute approximate surface area is 156 Å². The molecule has 0 aliphatic heterocycles. The first-order valence-electron chi connectivity index (χ1n) is 8.42. The number of ether oxygens (including phenoxy) is 1. The van der Waals surface area contributed by atoms with Gasteiger partial charge in [0.05, 0.1) is 6.20 Å². The van der Waals surface area contributed by atoms with Gasteiger partial charge in [0.1, 0.15) is 0 Å². The van der Waals surface area contributed by atoms with E-state index in [9.17, 15) is 14.4 Å². The number of rotatable bonds is 7. The fourth-order valence-corrected chi connectivity index (χ4v) is 2.26. The molecule has 9 heteroatoms. The molecular weight excluding hydrogens is 350 g/mol. The zero-order valence-corrected chi connectivity index (χ0v) is 15.1. The van der Waals surface area contributed by atoms with E-state index in [-0.39, 0.29) is 5.69 Å². The molecule has 1 heterocycles. The van der Waals surface area contributed by atoms with Crippen LogP contribution in [0.4, 0.5) is 5.69 Å². The predicted octanol–water partition coefficient (Wildman–Crippen LogP) is 0.941. The third-order valence-corrected chi connectivity index (χ3v) is 3.68. The van der Waals surface area contributed by atoms with Crippen molar-refractivity contribution < 1.29 is 19.1 Å². The first-order chi connectivity index (χ1) is 13.0. The monoisotopic (exact) mass is 371 g/mol. The van der Waals surface area contributed by atoms with Gasteiger partial charge in [-0.2, -0.15) is 0 Å². The van der Waals surface area contributed by atoms with E-state index >= 15 is 0 Å². The van der Waals surface area contributed by atoms with Crippen molar-refractivity contribution >= 4 is 23.5 Å². The quantitative estimate of drug-likeness (QED) is 0.550. The summed E-state index contributed by atoms with van der Waals surface area (Å²) in [6.45, 7) is 5.28. The number of amides is 2. The van der Waals surface area contributed by atoms with E-state index in [1.807, 2.05) is 12.1 Å². The van der Waals surface area contributed by atoms with Gasteiger partial charge in [-0.1, -0.05) is 0 Å². The van der Waals surface area contributed by atoms with E-state index < -0.39 is 24.4 Å². The molecule has 0 aliphatic rings. The maximum Gasteiger partial charge on any atom is 0.359 e. The van der Waals surface area contributed by atoms with Crippen LogP contribution in [0, 0.1) is 0 Å². The van der Waals surface area contributed by atoms with Gasteiger partial charge in [0.2, 0.25) is 0 Å². The van der Waals surface area contributed by atoms with Crippen molar-refractivity contribution in [1.82, 2.24) is 20.8 Å². The predicted molar refractivity (Wildman–Crippen MR) is 97.9 cm³/mol. The normalized spacial score (nSPS) is 10.0. The Hall–Kier alpha value is -3.49. The van der Waals surface area contributed by atoms with Gasteiger partial charge in [0.15, 0.2) is 12.3 Å². The van der Waals surface area contributed by atoms with Crippen molar-refractivity contribution in [2.45, 2.75) is 13.8 Å². The highest BCUT2D eigenvalue weighted by atomic mass is 16.5. The minimum absolute atomic E-state index is 0.0115. The van der Waals surface area contributed by atoms with Crippen LogP contribution in [-0.2, 0) is 9.53 Å². The maximum atomic E-state index is 12.1. The topological polar surface area (TPSA) is 114 Å². The van der Waals surface area contributed by atoms with Gasteiger partial charge in [-0.15, -0.1) is 0 Å². The molecule has 0 radical (unpaired) electrons. The third-order valence-electron chi connectivity index (χ3n) is 3.68. The molecule has 2 aromatic rings. The summed E-state index contributed by atoms with van der Waals surface area (Å²) in [4.78, 5) is 45.0. The molecule has 0 saturated carbocycles. The van der Waals surface area contributed by atoms with Gasteiger partial charge in [-0.25, -0.2) is 9.78 Å². The smallest absolute Gasteiger partial charge is 0.359 e. The maximum absolute atomic E-state index is 12.1. The molecule has 0 saturated heterocycles. The number of carbonyl (C=O) groups is 3. The number of nitrogens with zero attached hydrogens (tertiary/aromatic N) is 3. The minimum atomic E-state index is -0.781. The van der Waals surface area contributed by atoms with Crippen molar-refractivity contribution in [3.63, 3.8) is 0 Å². The minimum Gasteiger partial charge on any atom is -0.451 e. The Morgan fingerprint density at radius 1 is 1.04 bits per heavy atom. The molecule has 0 aliphatic carbocycles. The van der Waals surface area contributed by atoms with Crippen LogP contribution >= 0.6 is 0 Å². The van der Waals surface area contributed by atoms with E-state index in [2.05, 4.69) is 39.6 Å². The molecule has 142 valence electrons. The first kappa shape index (κ1) is 19.8.